The number of hydrogen-bond acceptors (Lipinski definition) is 6. The van der Waals surface area contributed by atoms with Crippen molar-refractivity contribution in [2.45, 2.75) is 31.1 Å². The number of carbonyl (C=O) groups is 2. The number of carbonyl (C=O) groups excluding carboxylic acids is 2. The van der Waals surface area contributed by atoms with E-state index >= 15 is 0 Å². The van der Waals surface area contributed by atoms with Crippen LogP contribution in [0.5, 0.6) is 5.75 Å². The molecule has 0 fully saturated rings. The molecule has 0 aliphatic heterocycles. The van der Waals surface area contributed by atoms with Crippen LogP contribution in [0.25, 0.3) is 0 Å². The van der Waals surface area contributed by atoms with E-state index in [4.69, 9.17) is 21.1 Å². The SMILES string of the molecule is CCCCOC(=O)c1ccc(NC(=O)CN(CCc2ccccc2)S(=O)(=O)c2ccc(OC)c(Cl)c2)cc1. The van der Waals surface area contributed by atoms with Gasteiger partial charge in [-0.05, 0) is 60.9 Å². The molecule has 3 rings (SSSR count). The maximum absolute atomic E-state index is 13.5. The Morgan fingerprint density at radius 1 is 1.00 bits per heavy atom. The molecule has 0 aliphatic carbocycles. The zero-order valence-corrected chi connectivity index (χ0v) is 22.9. The van der Waals surface area contributed by atoms with Crippen LogP contribution in [0.1, 0.15) is 35.7 Å². The molecule has 0 aliphatic rings. The molecule has 10 heteroatoms. The first-order chi connectivity index (χ1) is 18.2. The van der Waals surface area contributed by atoms with E-state index in [2.05, 4.69) is 5.32 Å². The fraction of sp³-hybridized carbons (Fsp3) is 0.286. The lowest BCUT2D eigenvalue weighted by molar-refractivity contribution is -0.116. The summed E-state index contributed by atoms with van der Waals surface area (Å²) in [6.45, 7) is 2.01. The predicted molar refractivity (Wildman–Crippen MR) is 147 cm³/mol. The molecule has 0 aromatic heterocycles. The first kappa shape index (κ1) is 29.2. The highest BCUT2D eigenvalue weighted by molar-refractivity contribution is 7.89. The molecule has 0 spiro atoms. The number of hydrogen-bond donors (Lipinski definition) is 1. The summed E-state index contributed by atoms with van der Waals surface area (Å²) in [7, 11) is -2.63. The van der Waals surface area contributed by atoms with E-state index in [0.29, 0.717) is 30.0 Å². The Labute approximate surface area is 228 Å². The number of unbranched alkanes of at least 4 members (excludes halogenated alkanes) is 1. The van der Waals surface area contributed by atoms with E-state index < -0.39 is 28.4 Å². The highest BCUT2D eigenvalue weighted by Crippen LogP contribution is 2.28. The molecule has 0 heterocycles. The molecule has 202 valence electrons. The van der Waals surface area contributed by atoms with Crippen LogP contribution in [0.15, 0.2) is 77.7 Å². The zero-order valence-electron chi connectivity index (χ0n) is 21.4. The van der Waals surface area contributed by atoms with Gasteiger partial charge in [0.2, 0.25) is 15.9 Å². The summed E-state index contributed by atoms with van der Waals surface area (Å²) in [5.41, 5.74) is 1.72. The van der Waals surface area contributed by atoms with Crippen LogP contribution < -0.4 is 10.1 Å². The van der Waals surface area contributed by atoms with Crippen molar-refractivity contribution in [2.75, 3.05) is 32.1 Å². The zero-order chi connectivity index (χ0) is 27.5. The standard InChI is InChI=1S/C28H31ClN2O6S/c1-3-4-18-37-28(33)22-10-12-23(13-11-22)30-27(32)20-31(17-16-21-8-6-5-7-9-21)38(34,35)24-14-15-26(36-2)25(29)19-24/h5-15,19H,3-4,16-18,20H2,1-2H3,(H,30,32). The van der Waals surface area contributed by atoms with Crippen molar-refractivity contribution in [1.82, 2.24) is 4.31 Å². The molecular weight excluding hydrogens is 528 g/mol. The third kappa shape index (κ3) is 8.05. The normalized spacial score (nSPS) is 11.3. The van der Waals surface area contributed by atoms with Crippen LogP contribution in [-0.2, 0) is 26.0 Å². The molecule has 3 aromatic carbocycles. The van der Waals surface area contributed by atoms with Gasteiger partial charge in [0.1, 0.15) is 5.75 Å². The smallest absolute Gasteiger partial charge is 0.338 e. The van der Waals surface area contributed by atoms with Crippen molar-refractivity contribution in [3.8, 4) is 5.75 Å². The van der Waals surface area contributed by atoms with Gasteiger partial charge in [0.05, 0.1) is 35.7 Å². The highest BCUT2D eigenvalue weighted by atomic mass is 35.5. The number of sulfonamides is 1. The topological polar surface area (TPSA) is 102 Å². The Bertz CT molecular complexity index is 1330. The number of nitrogens with zero attached hydrogens (tertiary/aromatic N) is 1. The van der Waals surface area contributed by atoms with Gasteiger partial charge in [-0.3, -0.25) is 4.79 Å². The summed E-state index contributed by atoms with van der Waals surface area (Å²) >= 11 is 6.18. The molecule has 1 amide bonds. The van der Waals surface area contributed by atoms with Crippen molar-refractivity contribution in [3.63, 3.8) is 0 Å². The molecule has 38 heavy (non-hydrogen) atoms. The maximum Gasteiger partial charge on any atom is 0.338 e. The molecule has 3 aromatic rings. The quantitative estimate of drug-likeness (QED) is 0.229. The Kier molecular flexibility index (Phi) is 10.7. The average Bonchev–Trinajstić information content (AvgIpc) is 2.92. The van der Waals surface area contributed by atoms with Crippen LogP contribution in [0.3, 0.4) is 0 Å². The fourth-order valence-electron chi connectivity index (χ4n) is 3.58. The number of amides is 1. The number of anilines is 1. The number of nitrogens with one attached hydrogen (secondary N) is 1. The first-order valence-corrected chi connectivity index (χ1v) is 14.0. The fourth-order valence-corrected chi connectivity index (χ4v) is 5.33. The molecule has 0 saturated carbocycles. The van der Waals surface area contributed by atoms with E-state index in [1.54, 1.807) is 24.3 Å². The largest absolute Gasteiger partial charge is 0.495 e. The second-order valence-electron chi connectivity index (χ2n) is 8.49. The summed E-state index contributed by atoms with van der Waals surface area (Å²) in [5, 5.41) is 2.85. The predicted octanol–water partition coefficient (Wildman–Crippen LogP) is 5.18. The third-order valence-corrected chi connectivity index (χ3v) is 7.85. The lowest BCUT2D eigenvalue weighted by Crippen LogP contribution is -2.39. The Hall–Kier alpha value is -3.40. The van der Waals surface area contributed by atoms with Crippen molar-refractivity contribution in [3.05, 3.63) is 88.9 Å². The van der Waals surface area contributed by atoms with E-state index in [9.17, 15) is 18.0 Å². The molecule has 0 unspecified atom stereocenters. The van der Waals surface area contributed by atoms with Crippen LogP contribution in [0, 0.1) is 0 Å². The molecule has 0 radical (unpaired) electrons. The third-order valence-electron chi connectivity index (χ3n) is 5.71. The maximum atomic E-state index is 13.5. The van der Waals surface area contributed by atoms with Gasteiger partial charge in [-0.2, -0.15) is 4.31 Å². The van der Waals surface area contributed by atoms with E-state index in [-0.39, 0.29) is 16.5 Å². The minimum Gasteiger partial charge on any atom is -0.495 e. The molecule has 1 N–H and O–H groups in total. The van der Waals surface area contributed by atoms with Gasteiger partial charge >= 0.3 is 5.97 Å². The van der Waals surface area contributed by atoms with Gasteiger partial charge in [0, 0.05) is 12.2 Å². The minimum atomic E-state index is -4.06. The van der Waals surface area contributed by atoms with Gasteiger partial charge < -0.3 is 14.8 Å². The lowest BCUT2D eigenvalue weighted by Gasteiger charge is -2.22. The summed E-state index contributed by atoms with van der Waals surface area (Å²) in [6, 6.07) is 19.8. The Morgan fingerprint density at radius 3 is 2.34 bits per heavy atom. The molecule has 0 atom stereocenters. The van der Waals surface area contributed by atoms with Gasteiger partial charge in [0.15, 0.2) is 0 Å². The van der Waals surface area contributed by atoms with Crippen LogP contribution in [-0.4, -0.2) is 51.4 Å². The summed E-state index contributed by atoms with van der Waals surface area (Å²) in [6.07, 6.45) is 2.11. The lowest BCUT2D eigenvalue weighted by atomic mass is 10.1. The van der Waals surface area contributed by atoms with Gasteiger partial charge in [-0.15, -0.1) is 0 Å². The van der Waals surface area contributed by atoms with Crippen molar-refractivity contribution in [1.29, 1.82) is 0 Å². The van der Waals surface area contributed by atoms with Crippen molar-refractivity contribution < 1.29 is 27.5 Å². The summed E-state index contributed by atoms with van der Waals surface area (Å²) < 4.78 is 38.5. The van der Waals surface area contributed by atoms with Crippen LogP contribution in [0.2, 0.25) is 5.02 Å². The van der Waals surface area contributed by atoms with Gasteiger partial charge in [-0.1, -0.05) is 55.3 Å². The number of methoxy groups -OCH3 is 1. The van der Waals surface area contributed by atoms with Crippen molar-refractivity contribution >= 4 is 39.2 Å². The number of rotatable bonds is 13. The molecule has 0 bridgehead atoms. The second kappa shape index (κ2) is 13.9. The van der Waals surface area contributed by atoms with Crippen molar-refractivity contribution in [2.24, 2.45) is 0 Å². The summed E-state index contributed by atoms with van der Waals surface area (Å²) in [5.74, 6) is -0.621. The van der Waals surface area contributed by atoms with Crippen LogP contribution in [0.4, 0.5) is 5.69 Å². The number of ether oxygens (including phenoxy) is 2. The first-order valence-electron chi connectivity index (χ1n) is 12.2. The Morgan fingerprint density at radius 2 is 1.71 bits per heavy atom. The Balaban J connectivity index is 1.74. The monoisotopic (exact) mass is 558 g/mol. The molecule has 8 nitrogen and oxygen atoms in total. The number of benzene rings is 3. The van der Waals surface area contributed by atoms with E-state index in [0.717, 1.165) is 22.7 Å². The van der Waals surface area contributed by atoms with Crippen LogP contribution >= 0.6 is 11.6 Å². The number of esters is 1. The van der Waals surface area contributed by atoms with Gasteiger partial charge in [-0.25, -0.2) is 13.2 Å². The van der Waals surface area contributed by atoms with E-state index in [1.807, 2.05) is 37.3 Å². The minimum absolute atomic E-state index is 0.0462. The van der Waals surface area contributed by atoms with E-state index in [1.165, 1.54) is 25.3 Å². The van der Waals surface area contributed by atoms with Gasteiger partial charge in [0.25, 0.3) is 0 Å². The molecular formula is C28H31ClN2O6S. The number of halogens is 1. The summed E-state index contributed by atoms with van der Waals surface area (Å²) in [4.78, 5) is 25.0. The second-order valence-corrected chi connectivity index (χ2v) is 10.8. The average molecular weight is 559 g/mol. The highest BCUT2D eigenvalue weighted by Gasteiger charge is 2.27. The molecule has 0 saturated heterocycles.